The summed E-state index contributed by atoms with van der Waals surface area (Å²) in [7, 11) is 1.87. The summed E-state index contributed by atoms with van der Waals surface area (Å²) in [5.41, 5.74) is 2.34. The second kappa shape index (κ2) is 6.12. The van der Waals surface area contributed by atoms with Crippen LogP contribution >= 0.6 is 0 Å². The maximum Gasteiger partial charge on any atom is 0.239 e. The molecule has 106 valence electrons. The van der Waals surface area contributed by atoms with E-state index >= 15 is 0 Å². The van der Waals surface area contributed by atoms with Crippen molar-refractivity contribution in [1.29, 1.82) is 0 Å². The number of likely N-dealkylation sites (tertiary alicyclic amines) is 1. The number of nitrogens with zero attached hydrogens (tertiary/aromatic N) is 4. The highest BCUT2D eigenvalue weighted by Gasteiger charge is 2.24. The molecule has 19 heavy (non-hydrogen) atoms. The topological polar surface area (TPSA) is 70.3 Å². The van der Waals surface area contributed by atoms with Crippen LogP contribution in [0.2, 0.25) is 0 Å². The van der Waals surface area contributed by atoms with Gasteiger partial charge in [-0.1, -0.05) is 6.92 Å². The lowest BCUT2D eigenvalue weighted by Gasteiger charge is -2.36. The zero-order chi connectivity index (χ0) is 13.8. The van der Waals surface area contributed by atoms with E-state index in [0.717, 1.165) is 38.7 Å². The highest BCUT2D eigenvalue weighted by Crippen LogP contribution is 2.23. The van der Waals surface area contributed by atoms with Crippen molar-refractivity contribution in [3.8, 4) is 0 Å². The van der Waals surface area contributed by atoms with Gasteiger partial charge in [-0.15, -0.1) is 0 Å². The van der Waals surface area contributed by atoms with Gasteiger partial charge in [-0.05, 0) is 19.4 Å². The van der Waals surface area contributed by atoms with E-state index in [4.69, 9.17) is 5.84 Å². The number of aromatic nitrogens is 2. The third kappa shape index (κ3) is 3.10. The molecule has 0 amide bonds. The van der Waals surface area contributed by atoms with Crippen LogP contribution in [0.1, 0.15) is 19.8 Å². The lowest BCUT2D eigenvalue weighted by Crippen LogP contribution is -2.44. The van der Waals surface area contributed by atoms with Gasteiger partial charge in [0.1, 0.15) is 0 Å². The molecule has 0 saturated carbocycles. The van der Waals surface area contributed by atoms with E-state index in [2.05, 4.69) is 27.2 Å². The minimum absolute atomic E-state index is 0.231. The highest BCUT2D eigenvalue weighted by molar-refractivity contribution is 5.43. The largest absolute Gasteiger partial charge is 0.354 e. The molecule has 0 atom stereocenters. The summed E-state index contributed by atoms with van der Waals surface area (Å²) in [5.74, 6) is 5.38. The number of hydrazine groups is 1. The Morgan fingerprint density at radius 3 is 2.79 bits per heavy atom. The van der Waals surface area contributed by atoms with Crippen LogP contribution in [0.25, 0.3) is 0 Å². The molecule has 0 aliphatic carbocycles. The van der Waals surface area contributed by atoms with Crippen molar-refractivity contribution in [3.05, 3.63) is 12.0 Å². The number of nitrogens with two attached hydrogens (primary N) is 1. The maximum absolute atomic E-state index is 13.8. The molecule has 1 aromatic rings. The van der Waals surface area contributed by atoms with E-state index in [9.17, 15) is 4.39 Å². The molecule has 0 bridgehead atoms. The zero-order valence-corrected chi connectivity index (χ0v) is 11.4. The van der Waals surface area contributed by atoms with Gasteiger partial charge >= 0.3 is 0 Å². The van der Waals surface area contributed by atoms with Crippen molar-refractivity contribution in [3.63, 3.8) is 0 Å². The number of rotatable bonds is 4. The Kier molecular flexibility index (Phi) is 4.49. The van der Waals surface area contributed by atoms with Crippen molar-refractivity contribution in [1.82, 2.24) is 14.9 Å². The van der Waals surface area contributed by atoms with Crippen molar-refractivity contribution in [2.24, 2.45) is 5.84 Å². The molecule has 1 saturated heterocycles. The summed E-state index contributed by atoms with van der Waals surface area (Å²) < 4.78 is 13.8. The summed E-state index contributed by atoms with van der Waals surface area (Å²) in [5, 5.41) is 0. The first-order valence-corrected chi connectivity index (χ1v) is 6.60. The number of halogens is 1. The number of nitrogen functional groups attached to an aromatic ring is 1. The van der Waals surface area contributed by atoms with Gasteiger partial charge in [0.25, 0.3) is 0 Å². The van der Waals surface area contributed by atoms with Crippen molar-refractivity contribution in [2.45, 2.75) is 25.8 Å². The molecule has 0 radical (unpaired) electrons. The lowest BCUT2D eigenvalue weighted by atomic mass is 10.0. The molecule has 2 heterocycles. The van der Waals surface area contributed by atoms with Crippen LogP contribution in [-0.4, -0.2) is 47.6 Å². The third-order valence-electron chi connectivity index (χ3n) is 3.74. The van der Waals surface area contributed by atoms with Gasteiger partial charge in [-0.2, -0.15) is 4.98 Å². The molecule has 1 aliphatic heterocycles. The number of nitrogens with one attached hydrogen (secondary N) is 1. The SMILES string of the molecule is CCN1CCC(N(C)c2nc(NN)ncc2F)CC1. The Morgan fingerprint density at radius 1 is 1.53 bits per heavy atom. The third-order valence-corrected chi connectivity index (χ3v) is 3.74. The van der Waals surface area contributed by atoms with Crippen LogP contribution in [0.4, 0.5) is 16.2 Å². The first-order valence-electron chi connectivity index (χ1n) is 6.60. The fourth-order valence-electron chi connectivity index (χ4n) is 2.47. The summed E-state index contributed by atoms with van der Waals surface area (Å²) in [4.78, 5) is 12.1. The van der Waals surface area contributed by atoms with Gasteiger partial charge < -0.3 is 9.80 Å². The molecule has 3 N–H and O–H groups in total. The van der Waals surface area contributed by atoms with E-state index in [1.54, 1.807) is 0 Å². The van der Waals surface area contributed by atoms with Crippen LogP contribution < -0.4 is 16.2 Å². The molecule has 6 nitrogen and oxygen atoms in total. The van der Waals surface area contributed by atoms with Crippen LogP contribution in [0.5, 0.6) is 0 Å². The van der Waals surface area contributed by atoms with Gasteiger partial charge in [-0.25, -0.2) is 15.2 Å². The normalized spacial score (nSPS) is 17.5. The van der Waals surface area contributed by atoms with Gasteiger partial charge in [0.05, 0.1) is 6.20 Å². The average molecular weight is 268 g/mol. The Balaban J connectivity index is 2.09. The first kappa shape index (κ1) is 14.0. The first-order chi connectivity index (χ1) is 9.15. The second-order valence-corrected chi connectivity index (χ2v) is 4.79. The van der Waals surface area contributed by atoms with Gasteiger partial charge in [-0.3, -0.25) is 5.43 Å². The quantitative estimate of drug-likeness (QED) is 0.622. The molecule has 1 aliphatic rings. The Bertz CT molecular complexity index is 419. The second-order valence-electron chi connectivity index (χ2n) is 4.79. The molecule has 1 fully saturated rings. The zero-order valence-electron chi connectivity index (χ0n) is 11.4. The van der Waals surface area contributed by atoms with Crippen molar-refractivity contribution >= 4 is 11.8 Å². The minimum Gasteiger partial charge on any atom is -0.354 e. The predicted octanol–water partition coefficient (Wildman–Crippen LogP) is 0.822. The Hall–Kier alpha value is -1.47. The number of hydrogen-bond acceptors (Lipinski definition) is 6. The molecular formula is C12H21FN6. The summed E-state index contributed by atoms with van der Waals surface area (Å²) in [6.07, 6.45) is 3.17. The average Bonchev–Trinajstić information content (AvgIpc) is 2.47. The highest BCUT2D eigenvalue weighted by atomic mass is 19.1. The van der Waals surface area contributed by atoms with Crippen LogP contribution in [0.15, 0.2) is 6.20 Å². The minimum atomic E-state index is -0.417. The fourth-order valence-corrected chi connectivity index (χ4v) is 2.47. The monoisotopic (exact) mass is 268 g/mol. The summed E-state index contributed by atoms with van der Waals surface area (Å²) >= 11 is 0. The standard InChI is InChI=1S/C12H21FN6/c1-3-19-6-4-9(5-7-19)18(2)11-10(13)8-15-12(16-11)17-14/h8-9H,3-7,14H2,1-2H3,(H,15,16,17). The van der Waals surface area contributed by atoms with Crippen LogP contribution in [0.3, 0.4) is 0 Å². The predicted molar refractivity (Wildman–Crippen MR) is 73.3 cm³/mol. The summed E-state index contributed by atoms with van der Waals surface area (Å²) in [6, 6.07) is 0.304. The van der Waals surface area contributed by atoms with E-state index < -0.39 is 5.82 Å². The summed E-state index contributed by atoms with van der Waals surface area (Å²) in [6.45, 7) is 5.31. The lowest BCUT2D eigenvalue weighted by molar-refractivity contribution is 0.220. The van der Waals surface area contributed by atoms with Gasteiger partial charge in [0, 0.05) is 26.2 Å². The maximum atomic E-state index is 13.8. The van der Waals surface area contributed by atoms with E-state index in [-0.39, 0.29) is 5.95 Å². The molecular weight excluding hydrogens is 247 g/mol. The molecule has 0 aromatic carbocycles. The Labute approximate surface area is 112 Å². The van der Waals surface area contributed by atoms with Crippen molar-refractivity contribution in [2.75, 3.05) is 37.0 Å². The number of hydrogen-bond donors (Lipinski definition) is 2. The molecule has 0 spiro atoms. The van der Waals surface area contributed by atoms with E-state index in [1.807, 2.05) is 11.9 Å². The molecule has 2 rings (SSSR count). The van der Waals surface area contributed by atoms with Crippen LogP contribution in [-0.2, 0) is 0 Å². The van der Waals surface area contributed by atoms with E-state index in [0.29, 0.717) is 11.9 Å². The van der Waals surface area contributed by atoms with Crippen molar-refractivity contribution < 1.29 is 4.39 Å². The fraction of sp³-hybridized carbons (Fsp3) is 0.667. The smallest absolute Gasteiger partial charge is 0.239 e. The molecule has 0 unspecified atom stereocenters. The molecule has 1 aromatic heterocycles. The number of anilines is 2. The van der Waals surface area contributed by atoms with Gasteiger partial charge in [0.2, 0.25) is 5.95 Å². The Morgan fingerprint density at radius 2 is 2.21 bits per heavy atom. The van der Waals surface area contributed by atoms with Gasteiger partial charge in [0.15, 0.2) is 11.6 Å². The van der Waals surface area contributed by atoms with E-state index in [1.165, 1.54) is 0 Å². The number of piperidine rings is 1. The molecule has 7 heteroatoms. The van der Waals surface area contributed by atoms with Crippen LogP contribution in [0, 0.1) is 5.82 Å².